The van der Waals surface area contributed by atoms with Gasteiger partial charge in [-0.1, -0.05) is 12.1 Å². The molecule has 29 heavy (non-hydrogen) atoms. The molecule has 0 bridgehead atoms. The molecule has 1 aliphatic rings. The van der Waals surface area contributed by atoms with Gasteiger partial charge in [-0.15, -0.1) is 11.6 Å². The Bertz CT molecular complexity index is 1320. The minimum absolute atomic E-state index is 0.265. The fourth-order valence-electron chi connectivity index (χ4n) is 3.46. The first kappa shape index (κ1) is 20.2. The van der Waals surface area contributed by atoms with E-state index in [9.17, 15) is 17.9 Å². The summed E-state index contributed by atoms with van der Waals surface area (Å²) in [6.07, 6.45) is 0.873. The molecule has 2 heterocycles. The molecule has 1 N–H and O–H groups in total. The first-order valence-corrected chi connectivity index (χ1v) is 10.9. The molecule has 0 spiro atoms. The quantitative estimate of drug-likeness (QED) is 0.484. The summed E-state index contributed by atoms with van der Waals surface area (Å²) in [6.45, 7) is 0.814. The van der Waals surface area contributed by atoms with Gasteiger partial charge in [0.15, 0.2) is 15.4 Å². The largest absolute Gasteiger partial charge is 0.439 e. The Morgan fingerprint density at radius 3 is 2.62 bits per heavy atom. The van der Waals surface area contributed by atoms with E-state index in [0.29, 0.717) is 37.1 Å². The van der Waals surface area contributed by atoms with Crippen LogP contribution in [0.4, 0.5) is 4.39 Å². The molecule has 1 aromatic heterocycles. The first-order chi connectivity index (χ1) is 13.7. The number of para-hydroxylation sites is 2. The normalized spacial score (nSPS) is 18.5. The number of alkyl halides is 1. The van der Waals surface area contributed by atoms with E-state index >= 15 is 0 Å². The molecular formula is C20H19ClFNO5S. The van der Waals surface area contributed by atoms with E-state index in [4.69, 9.17) is 20.8 Å². The summed E-state index contributed by atoms with van der Waals surface area (Å²) >= 11 is 6.66. The zero-order valence-corrected chi connectivity index (χ0v) is 17.1. The second kappa shape index (κ2) is 7.28. The predicted octanol–water partition coefficient (Wildman–Crippen LogP) is 3.86. The Morgan fingerprint density at radius 1 is 1.21 bits per heavy atom. The van der Waals surface area contributed by atoms with E-state index in [2.05, 4.69) is 0 Å². The van der Waals surface area contributed by atoms with Gasteiger partial charge in [0.25, 0.3) is 4.71 Å². The van der Waals surface area contributed by atoms with Gasteiger partial charge in [-0.3, -0.25) is 4.79 Å². The predicted molar refractivity (Wildman–Crippen MR) is 108 cm³/mol. The summed E-state index contributed by atoms with van der Waals surface area (Å²) in [6, 6.07) is 10.2. The fourth-order valence-corrected chi connectivity index (χ4v) is 5.07. The number of ether oxygens (including phenoxy) is 1. The van der Waals surface area contributed by atoms with E-state index in [0.717, 1.165) is 6.07 Å². The summed E-state index contributed by atoms with van der Waals surface area (Å²) in [4.78, 5) is 11.6. The standard InChI is InChI=1S/C20H19ClFNO5S/c1-23-16-4-2-3-5-17(16)28-19(18(23)24)29(25,26)15-11-13(10-14(22)12-15)20(21)6-8-27-9-7-20/h2-5,10-12H,6-9H2,1H3,(H,25,26). The number of hydrogen-bond acceptors (Lipinski definition) is 4. The molecule has 0 amide bonds. The van der Waals surface area contributed by atoms with Crippen LogP contribution in [0.2, 0.25) is 0 Å². The first-order valence-electron chi connectivity index (χ1n) is 8.99. The van der Waals surface area contributed by atoms with Crippen LogP contribution in [0.1, 0.15) is 18.4 Å². The van der Waals surface area contributed by atoms with Gasteiger partial charge in [0, 0.05) is 20.3 Å². The molecule has 2 aromatic carbocycles. The van der Waals surface area contributed by atoms with Crippen LogP contribution in [0.15, 0.2) is 56.6 Å². The summed E-state index contributed by atoms with van der Waals surface area (Å²) in [5, 5.41) is 0. The third-order valence-electron chi connectivity index (χ3n) is 5.15. The van der Waals surface area contributed by atoms with Crippen molar-refractivity contribution in [3.8, 4) is 0 Å². The van der Waals surface area contributed by atoms with Gasteiger partial charge in [0.1, 0.15) is 5.82 Å². The lowest BCUT2D eigenvalue weighted by atomic mass is 9.90. The van der Waals surface area contributed by atoms with Gasteiger partial charge in [-0.2, -0.15) is 0 Å². The maximum absolute atomic E-state index is 14.4. The molecule has 1 aliphatic heterocycles. The molecule has 0 saturated carbocycles. The van der Waals surface area contributed by atoms with Crippen molar-refractivity contribution in [1.82, 2.24) is 4.57 Å². The van der Waals surface area contributed by atoms with E-state index in [1.54, 1.807) is 24.3 Å². The molecule has 3 aromatic rings. The number of aryl methyl sites for hydroxylation is 1. The molecule has 0 radical (unpaired) electrons. The van der Waals surface area contributed by atoms with E-state index in [1.165, 1.54) is 23.7 Å². The van der Waals surface area contributed by atoms with E-state index in [1.807, 2.05) is 0 Å². The maximum Gasteiger partial charge on any atom is 0.305 e. The van der Waals surface area contributed by atoms with Gasteiger partial charge in [-0.05, 0) is 48.7 Å². The molecule has 0 aliphatic carbocycles. The van der Waals surface area contributed by atoms with Gasteiger partial charge < -0.3 is 18.3 Å². The van der Waals surface area contributed by atoms with Crippen LogP contribution in [0.5, 0.6) is 0 Å². The third-order valence-corrected chi connectivity index (χ3v) is 7.38. The molecule has 1 unspecified atom stereocenters. The minimum Gasteiger partial charge on any atom is -0.439 e. The topological polar surface area (TPSA) is 81.7 Å². The summed E-state index contributed by atoms with van der Waals surface area (Å²) in [5.41, 5.74) is 0.338. The highest BCUT2D eigenvalue weighted by molar-refractivity contribution is 7.89. The molecule has 1 saturated heterocycles. The van der Waals surface area contributed by atoms with Crippen molar-refractivity contribution >= 4 is 32.5 Å². The molecule has 9 heteroatoms. The van der Waals surface area contributed by atoms with Crippen LogP contribution >= 0.6 is 11.6 Å². The smallest absolute Gasteiger partial charge is 0.305 e. The second-order valence-corrected chi connectivity index (χ2v) is 9.62. The Labute approximate surface area is 171 Å². The number of rotatable bonds is 2. The zero-order valence-electron chi connectivity index (χ0n) is 15.6. The summed E-state index contributed by atoms with van der Waals surface area (Å²) < 4.78 is 49.9. The fraction of sp³-hybridized carbons (Fsp3) is 0.300. The highest BCUT2D eigenvalue weighted by Gasteiger charge is 2.33. The van der Waals surface area contributed by atoms with Crippen LogP contribution in [0, 0.1) is 10.5 Å². The van der Waals surface area contributed by atoms with Crippen molar-refractivity contribution in [3.63, 3.8) is 0 Å². The number of aromatic nitrogens is 1. The minimum atomic E-state index is -4.17. The average molecular weight is 440 g/mol. The van der Waals surface area contributed by atoms with E-state index < -0.39 is 30.8 Å². The van der Waals surface area contributed by atoms with Crippen molar-refractivity contribution in [1.29, 1.82) is 0 Å². The molecule has 154 valence electrons. The number of halogens is 2. The average Bonchev–Trinajstić information content (AvgIpc) is 2.70. The molecule has 1 fully saturated rings. The number of fused-ring (bicyclic) bond motifs is 1. The number of nitrogens with zero attached hydrogens (tertiary/aromatic N) is 1. The van der Waals surface area contributed by atoms with Crippen LogP contribution in [0.3, 0.4) is 0 Å². The highest BCUT2D eigenvalue weighted by Crippen LogP contribution is 2.40. The van der Waals surface area contributed by atoms with Crippen molar-refractivity contribution in [2.45, 2.75) is 22.6 Å². The van der Waals surface area contributed by atoms with Crippen LogP contribution in [0.25, 0.3) is 11.1 Å². The Hall–Kier alpha value is -2.13. The molecule has 6 nitrogen and oxygen atoms in total. The van der Waals surface area contributed by atoms with E-state index in [-0.39, 0.29) is 10.5 Å². The summed E-state index contributed by atoms with van der Waals surface area (Å²) in [7, 11) is -2.70. The lowest BCUT2D eigenvalue weighted by Gasteiger charge is -2.31. The van der Waals surface area contributed by atoms with Crippen molar-refractivity contribution in [2.75, 3.05) is 13.2 Å². The second-order valence-electron chi connectivity index (χ2n) is 7.00. The maximum atomic E-state index is 14.4. The molecule has 4 rings (SSSR count). The van der Waals surface area contributed by atoms with Crippen molar-refractivity contribution in [2.24, 2.45) is 7.05 Å². The Balaban J connectivity index is 2.02. The lowest BCUT2D eigenvalue weighted by Crippen LogP contribution is -2.28. The summed E-state index contributed by atoms with van der Waals surface area (Å²) in [5.74, 6) is -0.719. The molecular weight excluding hydrogens is 421 g/mol. The van der Waals surface area contributed by atoms with Gasteiger partial charge in [-0.25, -0.2) is 8.60 Å². The van der Waals surface area contributed by atoms with Crippen molar-refractivity contribution < 1.29 is 22.3 Å². The van der Waals surface area contributed by atoms with Gasteiger partial charge in [0.2, 0.25) is 0 Å². The van der Waals surface area contributed by atoms with Gasteiger partial charge in [0.05, 0.1) is 15.3 Å². The van der Waals surface area contributed by atoms with Crippen LogP contribution in [-0.4, -0.2) is 26.5 Å². The van der Waals surface area contributed by atoms with Crippen LogP contribution in [-0.2, 0) is 26.5 Å². The Kier molecular flexibility index (Phi) is 5.06. The molecule has 1 atom stereocenters. The number of benzene rings is 2. The number of hydrogen-bond donors (Lipinski definition) is 1. The third kappa shape index (κ3) is 3.50. The zero-order chi connectivity index (χ0) is 20.8. The monoisotopic (exact) mass is 439 g/mol. The van der Waals surface area contributed by atoms with Crippen molar-refractivity contribution in [3.05, 3.63) is 68.9 Å². The van der Waals surface area contributed by atoms with Crippen LogP contribution < -0.4 is 5.56 Å². The Morgan fingerprint density at radius 2 is 1.90 bits per heavy atom. The SMILES string of the molecule is Cn1c(=O)c(=S(=O)(O)c2cc(F)cc(C3(Cl)CCOCC3)c2)oc2ccccc21. The highest BCUT2D eigenvalue weighted by atomic mass is 35.5. The lowest BCUT2D eigenvalue weighted by molar-refractivity contribution is 0.0747. The van der Waals surface area contributed by atoms with Gasteiger partial charge >= 0.3 is 5.56 Å².